The molecule has 7 nitrogen and oxygen atoms in total. The van der Waals surface area contributed by atoms with Crippen molar-refractivity contribution < 1.29 is 17.5 Å². The number of nitrogens with zero attached hydrogens (tertiary/aromatic N) is 1. The molecule has 0 bridgehead atoms. The first kappa shape index (κ1) is 19.2. The fourth-order valence-electron chi connectivity index (χ4n) is 1.79. The van der Waals surface area contributed by atoms with Crippen LogP contribution in [0, 0.1) is 0 Å². The molecule has 0 spiro atoms. The molecular formula is C10H23N3O4S. The maximum absolute atomic E-state index is 8.74. The summed E-state index contributed by atoms with van der Waals surface area (Å²) in [6.07, 6.45) is 0.978. The van der Waals surface area contributed by atoms with Crippen molar-refractivity contribution in [3.63, 3.8) is 0 Å². The van der Waals surface area contributed by atoms with Gasteiger partial charge in [0.05, 0.1) is 5.54 Å². The Morgan fingerprint density at radius 3 is 1.72 bits per heavy atom. The Balaban J connectivity index is 0. The van der Waals surface area contributed by atoms with Crippen LogP contribution in [0.2, 0.25) is 0 Å². The number of nitrogens with two attached hydrogens (primary N) is 2. The fourth-order valence-corrected chi connectivity index (χ4v) is 1.79. The first-order chi connectivity index (χ1) is 7.81. The zero-order valence-electron chi connectivity index (χ0n) is 11.4. The average Bonchev–Trinajstić information content (AvgIpc) is 1.96. The van der Waals surface area contributed by atoms with Gasteiger partial charge in [-0.25, -0.2) is 4.99 Å². The number of hydrogen-bond donors (Lipinski definition) is 4. The van der Waals surface area contributed by atoms with E-state index < -0.39 is 10.4 Å². The molecule has 108 valence electrons. The molecule has 0 aromatic carbocycles. The molecule has 0 saturated heterocycles. The average molecular weight is 281 g/mol. The molecule has 0 amide bonds. The summed E-state index contributed by atoms with van der Waals surface area (Å²) < 4.78 is 31.6. The van der Waals surface area contributed by atoms with Gasteiger partial charge in [-0.15, -0.1) is 0 Å². The SMILES string of the molecule is CCC(=C(C)C)C(C)(C)N=C(N)N.O=S(=O)(O)O. The van der Waals surface area contributed by atoms with Crippen molar-refractivity contribution in [2.24, 2.45) is 16.5 Å². The molecule has 0 fully saturated rings. The smallest absolute Gasteiger partial charge is 0.370 e. The van der Waals surface area contributed by atoms with Crippen molar-refractivity contribution in [3.8, 4) is 0 Å². The predicted octanol–water partition coefficient (Wildman–Crippen LogP) is 1.13. The number of guanidine groups is 1. The van der Waals surface area contributed by atoms with Crippen LogP contribution in [-0.4, -0.2) is 29.0 Å². The molecule has 0 heterocycles. The predicted molar refractivity (Wildman–Crippen MR) is 72.7 cm³/mol. The van der Waals surface area contributed by atoms with Crippen molar-refractivity contribution in [3.05, 3.63) is 11.1 Å². The number of allylic oxidation sites excluding steroid dienone is 1. The van der Waals surface area contributed by atoms with Gasteiger partial charge >= 0.3 is 10.4 Å². The molecule has 0 aromatic heterocycles. The second-order valence-corrected chi connectivity index (χ2v) is 5.27. The highest BCUT2D eigenvalue weighted by Crippen LogP contribution is 2.26. The van der Waals surface area contributed by atoms with Gasteiger partial charge in [-0.05, 0) is 39.7 Å². The molecule has 0 aliphatic carbocycles. The van der Waals surface area contributed by atoms with Crippen LogP contribution in [0.1, 0.15) is 41.0 Å². The third kappa shape index (κ3) is 11.4. The van der Waals surface area contributed by atoms with Crippen LogP contribution in [0.5, 0.6) is 0 Å². The molecule has 0 rings (SSSR count). The summed E-state index contributed by atoms with van der Waals surface area (Å²) in [4.78, 5) is 4.22. The summed E-state index contributed by atoms with van der Waals surface area (Å²) in [7, 11) is -4.67. The lowest BCUT2D eigenvalue weighted by molar-refractivity contribution is 0.381. The maximum Gasteiger partial charge on any atom is 0.394 e. The molecule has 8 heteroatoms. The Morgan fingerprint density at radius 2 is 1.56 bits per heavy atom. The zero-order valence-corrected chi connectivity index (χ0v) is 12.2. The van der Waals surface area contributed by atoms with Gasteiger partial charge in [-0.3, -0.25) is 9.11 Å². The highest BCUT2D eigenvalue weighted by Gasteiger charge is 2.21. The summed E-state index contributed by atoms with van der Waals surface area (Å²) in [6, 6.07) is 0. The lowest BCUT2D eigenvalue weighted by atomic mass is 9.89. The fraction of sp³-hybridized carbons (Fsp3) is 0.700. The van der Waals surface area contributed by atoms with Gasteiger partial charge in [0.2, 0.25) is 0 Å². The van der Waals surface area contributed by atoms with Gasteiger partial charge in [0, 0.05) is 0 Å². The van der Waals surface area contributed by atoms with E-state index in [-0.39, 0.29) is 11.5 Å². The molecule has 0 aliphatic rings. The monoisotopic (exact) mass is 281 g/mol. The van der Waals surface area contributed by atoms with E-state index in [0.29, 0.717) is 0 Å². The molecule has 0 atom stereocenters. The van der Waals surface area contributed by atoms with E-state index in [1.807, 2.05) is 13.8 Å². The van der Waals surface area contributed by atoms with E-state index >= 15 is 0 Å². The van der Waals surface area contributed by atoms with Crippen molar-refractivity contribution in [1.82, 2.24) is 0 Å². The largest absolute Gasteiger partial charge is 0.394 e. The quantitative estimate of drug-likeness (QED) is 0.265. The van der Waals surface area contributed by atoms with Gasteiger partial charge in [0.25, 0.3) is 0 Å². The van der Waals surface area contributed by atoms with Gasteiger partial charge < -0.3 is 11.5 Å². The minimum atomic E-state index is -4.67. The van der Waals surface area contributed by atoms with Crippen molar-refractivity contribution in [1.29, 1.82) is 0 Å². The second kappa shape index (κ2) is 7.34. The summed E-state index contributed by atoms with van der Waals surface area (Å²) >= 11 is 0. The number of hydrogen-bond acceptors (Lipinski definition) is 3. The van der Waals surface area contributed by atoms with Crippen LogP contribution in [-0.2, 0) is 10.4 Å². The van der Waals surface area contributed by atoms with Gasteiger partial charge in [-0.1, -0.05) is 12.5 Å². The van der Waals surface area contributed by atoms with Crippen LogP contribution in [0.15, 0.2) is 16.1 Å². The van der Waals surface area contributed by atoms with Crippen LogP contribution in [0.25, 0.3) is 0 Å². The third-order valence-electron chi connectivity index (χ3n) is 2.10. The number of rotatable bonds is 3. The van der Waals surface area contributed by atoms with E-state index in [9.17, 15) is 0 Å². The van der Waals surface area contributed by atoms with Crippen molar-refractivity contribution in [2.45, 2.75) is 46.6 Å². The Kier molecular flexibility index (Phi) is 7.84. The van der Waals surface area contributed by atoms with E-state index in [1.54, 1.807) is 0 Å². The van der Waals surface area contributed by atoms with E-state index in [1.165, 1.54) is 11.1 Å². The van der Waals surface area contributed by atoms with E-state index in [0.717, 1.165) is 6.42 Å². The standard InChI is InChI=1S/C10H21N3.H2O4S/c1-6-8(7(2)3)10(4,5)13-9(11)12;1-5(2,3)4/h6H2,1-5H3,(H4,11,12,13);(H2,1,2,3,4). The summed E-state index contributed by atoms with van der Waals surface area (Å²) in [5.41, 5.74) is 13.1. The molecular weight excluding hydrogens is 258 g/mol. The van der Waals surface area contributed by atoms with Crippen LogP contribution in [0.3, 0.4) is 0 Å². The van der Waals surface area contributed by atoms with Crippen LogP contribution in [0.4, 0.5) is 0 Å². The molecule has 0 saturated carbocycles. The zero-order chi connectivity index (χ0) is 15.1. The van der Waals surface area contributed by atoms with E-state index in [2.05, 4.69) is 25.8 Å². The van der Waals surface area contributed by atoms with Crippen molar-refractivity contribution >= 4 is 16.4 Å². The molecule has 18 heavy (non-hydrogen) atoms. The number of aliphatic imine (C=N–C) groups is 1. The normalized spacial score (nSPS) is 11.1. The first-order valence-corrected chi connectivity index (χ1v) is 6.68. The summed E-state index contributed by atoms with van der Waals surface area (Å²) in [5, 5.41) is 0. The van der Waals surface area contributed by atoms with E-state index in [4.69, 9.17) is 29.0 Å². The second-order valence-electron chi connectivity index (χ2n) is 4.38. The molecule has 6 N–H and O–H groups in total. The minimum Gasteiger partial charge on any atom is -0.370 e. The van der Waals surface area contributed by atoms with Crippen LogP contribution >= 0.6 is 0 Å². The van der Waals surface area contributed by atoms with Gasteiger partial charge in [0.1, 0.15) is 0 Å². The van der Waals surface area contributed by atoms with Gasteiger partial charge in [0.15, 0.2) is 5.96 Å². The Labute approximate surface area is 109 Å². The Hall–Kier alpha value is -1.12. The summed E-state index contributed by atoms with van der Waals surface area (Å²) in [6.45, 7) is 10.3. The lowest BCUT2D eigenvalue weighted by Crippen LogP contribution is -2.31. The van der Waals surface area contributed by atoms with Crippen molar-refractivity contribution in [2.75, 3.05) is 0 Å². The highest BCUT2D eigenvalue weighted by atomic mass is 32.3. The molecule has 0 aliphatic heterocycles. The third-order valence-corrected chi connectivity index (χ3v) is 2.10. The Bertz CT molecular complexity index is 408. The minimum absolute atomic E-state index is 0.150. The van der Waals surface area contributed by atoms with Crippen LogP contribution < -0.4 is 11.5 Å². The highest BCUT2D eigenvalue weighted by molar-refractivity contribution is 7.79. The molecule has 0 radical (unpaired) electrons. The molecule has 0 unspecified atom stereocenters. The lowest BCUT2D eigenvalue weighted by Gasteiger charge is -2.24. The first-order valence-electron chi connectivity index (χ1n) is 5.28. The topological polar surface area (TPSA) is 139 Å². The molecule has 0 aromatic rings. The Morgan fingerprint density at radius 1 is 1.22 bits per heavy atom. The maximum atomic E-state index is 8.74. The summed E-state index contributed by atoms with van der Waals surface area (Å²) in [5.74, 6) is 0.150. The van der Waals surface area contributed by atoms with Gasteiger partial charge in [-0.2, -0.15) is 8.42 Å².